The number of amides is 3. The number of benzene rings is 1. The Balaban J connectivity index is 2.28. The van der Waals surface area contributed by atoms with Crippen LogP contribution in [-0.2, 0) is 23.9 Å². The molecule has 1 aromatic rings. The molecule has 3 amide bonds. The third-order valence-electron chi connectivity index (χ3n) is 3.17. The maximum absolute atomic E-state index is 12.2. The van der Waals surface area contributed by atoms with Gasteiger partial charge in [-0.25, -0.2) is 0 Å². The summed E-state index contributed by atoms with van der Waals surface area (Å²) in [6, 6.07) is 7.66. The monoisotopic (exact) mass is 302 g/mol. The first kappa shape index (κ1) is 15.4. The number of rotatable bonds is 4. The van der Waals surface area contributed by atoms with E-state index in [4.69, 9.17) is 0 Å². The summed E-state index contributed by atoms with van der Waals surface area (Å²) >= 11 is 0. The molecule has 0 bridgehead atoms. The van der Waals surface area contributed by atoms with E-state index < -0.39 is 23.8 Å². The first-order valence-corrected chi connectivity index (χ1v) is 6.49. The van der Waals surface area contributed by atoms with Crippen LogP contribution in [0.4, 0.5) is 0 Å². The summed E-state index contributed by atoms with van der Waals surface area (Å²) in [5.74, 6) is -1.97. The largest absolute Gasteiger partial charge is 0.469 e. The van der Waals surface area contributed by atoms with Crippen LogP contribution in [0.2, 0.25) is 0 Å². The van der Waals surface area contributed by atoms with Gasteiger partial charge in [0.2, 0.25) is 12.3 Å². The average Bonchev–Trinajstić information content (AvgIpc) is 2.53. The highest BCUT2D eigenvalue weighted by atomic mass is 16.5. The minimum Gasteiger partial charge on any atom is -0.469 e. The smallest absolute Gasteiger partial charge is 0.308 e. The number of carbonyl (C=O) groups excluding carboxylic acids is 4. The molecule has 1 atom stereocenters. The number of hydrogen-bond acceptors (Lipinski definition) is 5. The molecule has 1 heterocycles. The highest BCUT2D eigenvalue weighted by Gasteiger charge is 2.39. The molecule has 1 fully saturated rings. The molecule has 0 aliphatic carbocycles. The van der Waals surface area contributed by atoms with Crippen LogP contribution in [0, 0.1) is 0 Å². The SMILES string of the molecule is COC(=O)C[C@H]1C(=O)NC(=Cc2ccccc2)C(=O)N1C=O. The van der Waals surface area contributed by atoms with E-state index in [1.54, 1.807) is 24.3 Å². The van der Waals surface area contributed by atoms with Gasteiger partial charge in [-0.3, -0.25) is 24.1 Å². The quantitative estimate of drug-likeness (QED) is 0.483. The lowest BCUT2D eigenvalue weighted by molar-refractivity contribution is -0.152. The molecule has 22 heavy (non-hydrogen) atoms. The fraction of sp³-hybridized carbons (Fsp3) is 0.200. The third kappa shape index (κ3) is 3.20. The van der Waals surface area contributed by atoms with Gasteiger partial charge in [0.1, 0.15) is 11.7 Å². The lowest BCUT2D eigenvalue weighted by atomic mass is 10.1. The van der Waals surface area contributed by atoms with Crippen LogP contribution in [0.15, 0.2) is 36.0 Å². The lowest BCUT2D eigenvalue weighted by Crippen LogP contribution is -2.57. The molecular formula is C15H14N2O5. The number of piperazine rings is 1. The van der Waals surface area contributed by atoms with E-state index in [9.17, 15) is 19.2 Å². The summed E-state index contributed by atoms with van der Waals surface area (Å²) in [5.41, 5.74) is 0.674. The number of nitrogens with one attached hydrogen (secondary N) is 1. The lowest BCUT2D eigenvalue weighted by Gasteiger charge is -2.31. The van der Waals surface area contributed by atoms with E-state index in [1.807, 2.05) is 6.07 Å². The fourth-order valence-electron chi connectivity index (χ4n) is 2.04. The van der Waals surface area contributed by atoms with Gasteiger partial charge in [-0.05, 0) is 11.6 Å². The Bertz CT molecular complexity index is 639. The van der Waals surface area contributed by atoms with Crippen LogP contribution >= 0.6 is 0 Å². The molecule has 0 unspecified atom stereocenters. The van der Waals surface area contributed by atoms with Crippen molar-refractivity contribution in [3.05, 3.63) is 41.6 Å². The minimum atomic E-state index is -1.20. The number of imide groups is 1. The summed E-state index contributed by atoms with van der Waals surface area (Å²) in [6.45, 7) is 0. The summed E-state index contributed by atoms with van der Waals surface area (Å²) in [6.07, 6.45) is 1.32. The van der Waals surface area contributed by atoms with Gasteiger partial charge in [-0.2, -0.15) is 0 Å². The van der Waals surface area contributed by atoms with Gasteiger partial charge in [-0.15, -0.1) is 0 Å². The zero-order valence-corrected chi connectivity index (χ0v) is 11.8. The first-order valence-electron chi connectivity index (χ1n) is 6.49. The Morgan fingerprint density at radius 2 is 2.00 bits per heavy atom. The van der Waals surface area contributed by atoms with Crippen LogP contribution in [0.1, 0.15) is 12.0 Å². The normalized spacial score (nSPS) is 19.8. The molecule has 1 N–H and O–H groups in total. The Labute approximate surface area is 126 Å². The molecular weight excluding hydrogens is 288 g/mol. The Hall–Kier alpha value is -2.96. The van der Waals surface area contributed by atoms with Crippen molar-refractivity contribution in [2.24, 2.45) is 0 Å². The van der Waals surface area contributed by atoms with E-state index in [0.29, 0.717) is 10.5 Å². The average molecular weight is 302 g/mol. The molecule has 0 spiro atoms. The summed E-state index contributed by atoms with van der Waals surface area (Å²) in [7, 11) is 1.16. The van der Waals surface area contributed by atoms with Crippen molar-refractivity contribution in [3.63, 3.8) is 0 Å². The summed E-state index contributed by atoms with van der Waals surface area (Å²) in [5, 5.41) is 2.42. The van der Waals surface area contributed by atoms with Crippen LogP contribution < -0.4 is 5.32 Å². The highest BCUT2D eigenvalue weighted by Crippen LogP contribution is 2.16. The highest BCUT2D eigenvalue weighted by molar-refractivity contribution is 6.11. The van der Waals surface area contributed by atoms with Gasteiger partial charge in [0.05, 0.1) is 13.5 Å². The van der Waals surface area contributed by atoms with Crippen LogP contribution in [-0.4, -0.2) is 42.2 Å². The molecule has 1 aliphatic heterocycles. The molecule has 114 valence electrons. The van der Waals surface area contributed by atoms with E-state index in [1.165, 1.54) is 6.08 Å². The molecule has 1 saturated heterocycles. The third-order valence-corrected chi connectivity index (χ3v) is 3.17. The van der Waals surface area contributed by atoms with Gasteiger partial charge >= 0.3 is 5.97 Å². The molecule has 0 saturated carbocycles. The van der Waals surface area contributed by atoms with E-state index in [-0.39, 0.29) is 18.5 Å². The molecule has 2 rings (SSSR count). The summed E-state index contributed by atoms with van der Waals surface area (Å²) in [4.78, 5) is 47.4. The van der Waals surface area contributed by atoms with Crippen LogP contribution in [0.3, 0.4) is 0 Å². The van der Waals surface area contributed by atoms with Gasteiger partial charge in [-0.1, -0.05) is 30.3 Å². The van der Waals surface area contributed by atoms with Crippen molar-refractivity contribution in [2.45, 2.75) is 12.5 Å². The van der Waals surface area contributed by atoms with Crippen LogP contribution in [0.5, 0.6) is 0 Å². The number of ether oxygens (including phenoxy) is 1. The maximum atomic E-state index is 12.2. The fourth-order valence-corrected chi connectivity index (χ4v) is 2.04. The zero-order valence-electron chi connectivity index (χ0n) is 11.8. The first-order chi connectivity index (χ1) is 10.6. The maximum Gasteiger partial charge on any atom is 0.308 e. The Kier molecular flexibility index (Phi) is 4.67. The standard InChI is InChI=1S/C15H14N2O5/c1-22-13(19)8-12-14(20)16-11(15(21)17(12)9-18)7-10-5-3-2-4-6-10/h2-7,9,12H,8H2,1H3,(H,16,20)/t12-/m0/s1. The zero-order chi connectivity index (χ0) is 16.1. The molecule has 7 heteroatoms. The van der Waals surface area contributed by atoms with E-state index >= 15 is 0 Å². The number of carbonyl (C=O) groups is 4. The second-order valence-corrected chi connectivity index (χ2v) is 4.57. The van der Waals surface area contributed by atoms with Gasteiger partial charge in [0.25, 0.3) is 5.91 Å². The van der Waals surface area contributed by atoms with Crippen molar-refractivity contribution in [1.82, 2.24) is 10.2 Å². The summed E-state index contributed by atoms with van der Waals surface area (Å²) < 4.78 is 4.46. The predicted octanol–water partition coefficient (Wildman–Crippen LogP) is 0.0740. The Morgan fingerprint density at radius 1 is 1.32 bits per heavy atom. The molecule has 0 aromatic heterocycles. The second-order valence-electron chi connectivity index (χ2n) is 4.57. The van der Waals surface area contributed by atoms with E-state index in [0.717, 1.165) is 7.11 Å². The van der Waals surface area contributed by atoms with Crippen molar-refractivity contribution >= 4 is 30.3 Å². The van der Waals surface area contributed by atoms with Crippen molar-refractivity contribution in [2.75, 3.05) is 7.11 Å². The van der Waals surface area contributed by atoms with Gasteiger partial charge in [0, 0.05) is 0 Å². The number of hydrogen-bond donors (Lipinski definition) is 1. The number of nitrogens with zero attached hydrogens (tertiary/aromatic N) is 1. The minimum absolute atomic E-state index is 0.0237. The van der Waals surface area contributed by atoms with E-state index in [2.05, 4.69) is 10.1 Å². The molecule has 7 nitrogen and oxygen atoms in total. The topological polar surface area (TPSA) is 92.8 Å². The van der Waals surface area contributed by atoms with Gasteiger partial charge in [0.15, 0.2) is 0 Å². The molecule has 1 aliphatic rings. The van der Waals surface area contributed by atoms with Crippen molar-refractivity contribution in [3.8, 4) is 0 Å². The number of esters is 1. The predicted molar refractivity (Wildman–Crippen MR) is 75.9 cm³/mol. The number of methoxy groups -OCH3 is 1. The second kappa shape index (κ2) is 6.66. The van der Waals surface area contributed by atoms with Crippen LogP contribution in [0.25, 0.3) is 6.08 Å². The van der Waals surface area contributed by atoms with Gasteiger partial charge < -0.3 is 10.1 Å². The Morgan fingerprint density at radius 3 is 2.59 bits per heavy atom. The van der Waals surface area contributed by atoms with Crippen molar-refractivity contribution in [1.29, 1.82) is 0 Å². The molecule has 0 radical (unpaired) electrons. The van der Waals surface area contributed by atoms with Crippen molar-refractivity contribution < 1.29 is 23.9 Å². The molecule has 1 aromatic carbocycles.